The molecule has 2 atom stereocenters. The van der Waals surface area contributed by atoms with Crippen molar-refractivity contribution in [3.63, 3.8) is 0 Å². The molecule has 12 nitrogen and oxygen atoms in total. The SMILES string of the molecule is CCC(=O)CCC(NC(=O)c1ccc(NCC2=NC3C(=O)N=C(N)N=C3N=C2)cc1)C(=O)O. The number of aliphatic imine (C=N–C) groups is 4. The Labute approximate surface area is 188 Å². The molecule has 3 rings (SSSR count). The van der Waals surface area contributed by atoms with Crippen LogP contribution in [-0.4, -0.2) is 71.0 Å². The summed E-state index contributed by atoms with van der Waals surface area (Å²) in [5, 5.41) is 14.8. The predicted molar refractivity (Wildman–Crippen MR) is 122 cm³/mol. The largest absolute Gasteiger partial charge is 0.480 e. The lowest BCUT2D eigenvalue weighted by atomic mass is 10.1. The fourth-order valence-electron chi connectivity index (χ4n) is 3.04. The maximum Gasteiger partial charge on any atom is 0.326 e. The molecule has 1 aromatic carbocycles. The van der Waals surface area contributed by atoms with E-state index in [9.17, 15) is 24.3 Å². The van der Waals surface area contributed by atoms with E-state index >= 15 is 0 Å². The van der Waals surface area contributed by atoms with E-state index in [1.54, 1.807) is 19.1 Å². The maximum atomic E-state index is 12.4. The standard InChI is InChI=1S/C21H23N7O5/c1-2-14(29)7-8-15(20(32)33)26-18(30)11-3-5-12(6-4-11)23-9-13-10-24-17-16(25-13)19(31)28-21(22)27-17/h3-6,10,15-16,23H,2,7-9H2,1H3,(H,26,30)(H,32,33)(H2,22,28,31). The highest BCUT2D eigenvalue weighted by atomic mass is 16.4. The van der Waals surface area contributed by atoms with Crippen molar-refractivity contribution in [2.45, 2.75) is 38.3 Å². The Hall–Kier alpha value is -4.22. The first-order valence-electron chi connectivity index (χ1n) is 10.2. The van der Waals surface area contributed by atoms with Crippen molar-refractivity contribution >= 4 is 53.0 Å². The van der Waals surface area contributed by atoms with Gasteiger partial charge in [0.2, 0.25) is 5.96 Å². The minimum atomic E-state index is -1.20. The van der Waals surface area contributed by atoms with Gasteiger partial charge in [-0.3, -0.25) is 19.4 Å². The third-order valence-electron chi connectivity index (χ3n) is 4.90. The first kappa shape index (κ1) is 23.4. The van der Waals surface area contributed by atoms with Gasteiger partial charge in [-0.15, -0.1) is 0 Å². The van der Waals surface area contributed by atoms with Gasteiger partial charge in [0.15, 0.2) is 11.9 Å². The van der Waals surface area contributed by atoms with Crippen LogP contribution in [0.2, 0.25) is 0 Å². The average molecular weight is 453 g/mol. The van der Waals surface area contributed by atoms with Crippen molar-refractivity contribution in [2.24, 2.45) is 25.7 Å². The van der Waals surface area contributed by atoms with Gasteiger partial charge in [0.1, 0.15) is 11.8 Å². The smallest absolute Gasteiger partial charge is 0.326 e. The van der Waals surface area contributed by atoms with Crippen molar-refractivity contribution in [1.82, 2.24) is 5.32 Å². The third-order valence-corrected chi connectivity index (χ3v) is 4.90. The number of ketones is 1. The molecule has 2 aliphatic rings. The number of carbonyl (C=O) groups excluding carboxylic acids is 3. The quantitative estimate of drug-likeness (QED) is 0.389. The summed E-state index contributed by atoms with van der Waals surface area (Å²) in [5.41, 5.74) is 6.90. The van der Waals surface area contributed by atoms with Crippen molar-refractivity contribution in [3.05, 3.63) is 29.8 Å². The van der Waals surface area contributed by atoms with Gasteiger partial charge < -0.3 is 21.5 Å². The lowest BCUT2D eigenvalue weighted by Crippen LogP contribution is -2.41. The molecule has 0 saturated heterocycles. The monoisotopic (exact) mass is 453 g/mol. The van der Waals surface area contributed by atoms with Crippen LogP contribution in [-0.2, 0) is 14.4 Å². The fraction of sp³-hybridized carbons (Fsp3) is 0.333. The van der Waals surface area contributed by atoms with Gasteiger partial charge in [0.05, 0.1) is 18.5 Å². The first-order valence-corrected chi connectivity index (χ1v) is 10.2. The highest BCUT2D eigenvalue weighted by Gasteiger charge is 2.30. The molecule has 0 saturated carbocycles. The number of hydrogen-bond acceptors (Lipinski definition) is 9. The number of aliphatic carboxylic acids is 1. The number of benzene rings is 1. The number of nitrogens with two attached hydrogens (primary N) is 1. The van der Waals surface area contributed by atoms with E-state index in [1.165, 1.54) is 18.3 Å². The molecule has 33 heavy (non-hydrogen) atoms. The summed E-state index contributed by atoms with van der Waals surface area (Å²) in [5.74, 6) is -2.28. The minimum absolute atomic E-state index is 0.0326. The van der Waals surface area contributed by atoms with E-state index in [1.807, 2.05) is 0 Å². The summed E-state index contributed by atoms with van der Waals surface area (Å²) in [4.78, 5) is 63.0. The molecule has 1 aromatic rings. The number of rotatable bonds is 10. The van der Waals surface area contributed by atoms with E-state index in [-0.39, 0.29) is 42.5 Å². The van der Waals surface area contributed by atoms with E-state index in [0.29, 0.717) is 17.8 Å². The zero-order valence-corrected chi connectivity index (χ0v) is 17.8. The van der Waals surface area contributed by atoms with Crippen molar-refractivity contribution in [2.75, 3.05) is 11.9 Å². The number of guanidine groups is 1. The molecule has 0 bridgehead atoms. The molecule has 0 aromatic heterocycles. The van der Waals surface area contributed by atoms with Crippen LogP contribution < -0.4 is 16.4 Å². The number of carbonyl (C=O) groups is 4. The van der Waals surface area contributed by atoms with Crippen LogP contribution in [0.1, 0.15) is 36.5 Å². The second kappa shape index (κ2) is 10.4. The Kier molecular flexibility index (Phi) is 7.38. The van der Waals surface area contributed by atoms with Crippen molar-refractivity contribution < 1.29 is 24.3 Å². The molecule has 0 radical (unpaired) electrons. The van der Waals surface area contributed by atoms with Crippen molar-refractivity contribution in [1.29, 1.82) is 0 Å². The summed E-state index contributed by atoms with van der Waals surface area (Å²) >= 11 is 0. The lowest BCUT2D eigenvalue weighted by molar-refractivity contribution is -0.139. The molecule has 5 N–H and O–H groups in total. The molecule has 2 aliphatic heterocycles. The number of fused-ring (bicyclic) bond motifs is 1. The number of nitrogens with one attached hydrogen (secondary N) is 2. The summed E-state index contributed by atoms with van der Waals surface area (Å²) in [6, 6.07) is 4.32. The summed E-state index contributed by atoms with van der Waals surface area (Å²) in [7, 11) is 0. The molecular formula is C21H23N7O5. The Morgan fingerprint density at radius 3 is 2.58 bits per heavy atom. The summed E-state index contributed by atoms with van der Waals surface area (Å²) in [6.07, 6.45) is 1.92. The number of carboxylic acids is 1. The summed E-state index contributed by atoms with van der Waals surface area (Å²) < 4.78 is 0. The molecule has 172 valence electrons. The van der Waals surface area contributed by atoms with Crippen molar-refractivity contribution in [3.8, 4) is 0 Å². The number of nitrogens with zero attached hydrogens (tertiary/aromatic N) is 4. The topological polar surface area (TPSA) is 188 Å². The van der Waals surface area contributed by atoms with E-state index < -0.39 is 29.9 Å². The molecule has 2 unspecified atom stereocenters. The number of Topliss-reactive ketones (excluding diaryl/α,β-unsaturated/α-hetero) is 1. The Bertz CT molecular complexity index is 1090. The van der Waals surface area contributed by atoms with Gasteiger partial charge >= 0.3 is 5.97 Å². The molecular weight excluding hydrogens is 430 g/mol. The molecule has 0 spiro atoms. The minimum Gasteiger partial charge on any atom is -0.480 e. The fourth-order valence-corrected chi connectivity index (χ4v) is 3.04. The third kappa shape index (κ3) is 6.15. The van der Waals surface area contributed by atoms with Crippen LogP contribution in [0.3, 0.4) is 0 Å². The van der Waals surface area contributed by atoms with Crippen LogP contribution in [0.15, 0.2) is 44.2 Å². The van der Waals surface area contributed by atoms with Crippen LogP contribution in [0, 0.1) is 0 Å². The number of amidine groups is 1. The highest BCUT2D eigenvalue weighted by molar-refractivity contribution is 6.38. The number of amides is 2. The molecule has 2 heterocycles. The zero-order valence-electron chi connectivity index (χ0n) is 17.8. The van der Waals surface area contributed by atoms with E-state index in [4.69, 9.17) is 5.73 Å². The Morgan fingerprint density at radius 2 is 1.91 bits per heavy atom. The van der Waals surface area contributed by atoms with Crippen LogP contribution in [0.4, 0.5) is 5.69 Å². The van der Waals surface area contributed by atoms with Gasteiger partial charge in [-0.05, 0) is 30.7 Å². The van der Waals surface area contributed by atoms with Gasteiger partial charge in [-0.25, -0.2) is 9.79 Å². The zero-order chi connectivity index (χ0) is 24.0. The van der Waals surface area contributed by atoms with Gasteiger partial charge in [0, 0.05) is 24.1 Å². The Balaban J connectivity index is 1.55. The molecule has 2 amide bonds. The molecule has 0 aliphatic carbocycles. The second-order valence-electron chi connectivity index (χ2n) is 7.29. The number of carboxylic acid groups (broad SMARTS) is 1. The average Bonchev–Trinajstić information content (AvgIpc) is 2.80. The normalized spacial score (nSPS) is 17.8. The van der Waals surface area contributed by atoms with E-state index in [2.05, 4.69) is 30.6 Å². The van der Waals surface area contributed by atoms with Crippen LogP contribution in [0.5, 0.6) is 0 Å². The van der Waals surface area contributed by atoms with Gasteiger partial charge in [-0.1, -0.05) is 6.92 Å². The van der Waals surface area contributed by atoms with E-state index in [0.717, 1.165) is 0 Å². The summed E-state index contributed by atoms with van der Waals surface area (Å²) in [6.45, 7) is 1.96. The van der Waals surface area contributed by atoms with Crippen LogP contribution in [0.25, 0.3) is 0 Å². The highest BCUT2D eigenvalue weighted by Crippen LogP contribution is 2.13. The van der Waals surface area contributed by atoms with Gasteiger partial charge in [0.25, 0.3) is 11.8 Å². The number of hydrogen-bond donors (Lipinski definition) is 4. The number of anilines is 1. The second-order valence-corrected chi connectivity index (χ2v) is 7.29. The van der Waals surface area contributed by atoms with Crippen LogP contribution >= 0.6 is 0 Å². The maximum absolute atomic E-state index is 12.4. The lowest BCUT2D eigenvalue weighted by Gasteiger charge is -2.18. The Morgan fingerprint density at radius 1 is 1.18 bits per heavy atom. The molecule has 0 fully saturated rings. The first-order chi connectivity index (χ1) is 15.8. The predicted octanol–water partition coefficient (Wildman–Crippen LogP) is 0.188. The van der Waals surface area contributed by atoms with Gasteiger partial charge in [-0.2, -0.15) is 9.98 Å². The molecule has 12 heteroatoms.